The summed E-state index contributed by atoms with van der Waals surface area (Å²) in [5.74, 6) is 0.464. The number of ether oxygens (including phenoxy) is 1. The Bertz CT molecular complexity index is 357. The van der Waals surface area contributed by atoms with Gasteiger partial charge < -0.3 is 20.1 Å². The van der Waals surface area contributed by atoms with Gasteiger partial charge in [-0.25, -0.2) is 0 Å². The summed E-state index contributed by atoms with van der Waals surface area (Å²) < 4.78 is 5.61. The second-order valence-electron chi connectivity index (χ2n) is 6.54. The molecule has 0 aromatic rings. The number of amides is 1. The molecular formula is C15H26N2O3. The smallest absolute Gasteiger partial charge is 0.225 e. The SMILES string of the molecule is O=C(CC1CNCCO1)N1CCC2(O)CCCCC2C1. The third kappa shape index (κ3) is 3.00. The zero-order chi connectivity index (χ0) is 14.0. The van der Waals surface area contributed by atoms with E-state index in [1.54, 1.807) is 0 Å². The summed E-state index contributed by atoms with van der Waals surface area (Å²) in [6, 6.07) is 0. The number of hydrogen-bond acceptors (Lipinski definition) is 4. The largest absolute Gasteiger partial charge is 0.389 e. The molecule has 3 atom stereocenters. The summed E-state index contributed by atoms with van der Waals surface area (Å²) in [7, 11) is 0. The maximum absolute atomic E-state index is 12.4. The summed E-state index contributed by atoms with van der Waals surface area (Å²) in [5, 5.41) is 13.9. The Morgan fingerprint density at radius 3 is 3.10 bits per heavy atom. The predicted octanol–water partition coefficient (Wildman–Crippen LogP) is 0.518. The average molecular weight is 282 g/mol. The first-order valence-electron chi connectivity index (χ1n) is 8.00. The lowest BCUT2D eigenvalue weighted by molar-refractivity contribution is -0.146. The van der Waals surface area contributed by atoms with Crippen LogP contribution in [0.3, 0.4) is 0 Å². The van der Waals surface area contributed by atoms with Gasteiger partial charge in [0.1, 0.15) is 0 Å². The third-order valence-corrected chi connectivity index (χ3v) is 5.19. The molecule has 2 heterocycles. The van der Waals surface area contributed by atoms with E-state index in [1.165, 1.54) is 6.42 Å². The average Bonchev–Trinajstić information content (AvgIpc) is 2.47. The standard InChI is InChI=1S/C15H26N2O3/c18-14(9-13-10-16-6-8-20-13)17-7-5-15(19)4-2-1-3-12(15)11-17/h12-13,16,19H,1-11H2. The van der Waals surface area contributed by atoms with Crippen LogP contribution in [0.25, 0.3) is 0 Å². The van der Waals surface area contributed by atoms with Crippen LogP contribution in [0.4, 0.5) is 0 Å². The fourth-order valence-corrected chi connectivity index (χ4v) is 3.87. The molecule has 3 fully saturated rings. The number of aliphatic hydroxyl groups is 1. The van der Waals surface area contributed by atoms with E-state index < -0.39 is 5.60 Å². The fraction of sp³-hybridized carbons (Fsp3) is 0.933. The van der Waals surface area contributed by atoms with E-state index in [0.29, 0.717) is 19.6 Å². The molecule has 2 N–H and O–H groups in total. The van der Waals surface area contributed by atoms with Gasteiger partial charge in [0.25, 0.3) is 0 Å². The number of morpholine rings is 1. The molecule has 0 bridgehead atoms. The Morgan fingerprint density at radius 1 is 1.40 bits per heavy atom. The number of nitrogens with zero attached hydrogens (tertiary/aromatic N) is 1. The minimum absolute atomic E-state index is 0.0171. The lowest BCUT2D eigenvalue weighted by Gasteiger charge is -2.47. The maximum atomic E-state index is 12.4. The number of likely N-dealkylation sites (tertiary alicyclic amines) is 1. The van der Waals surface area contributed by atoms with Crippen LogP contribution in [0.1, 0.15) is 38.5 Å². The van der Waals surface area contributed by atoms with Crippen LogP contribution in [0.15, 0.2) is 0 Å². The number of fused-ring (bicyclic) bond motifs is 1. The Kier molecular flexibility index (Phi) is 4.29. The second-order valence-corrected chi connectivity index (χ2v) is 6.54. The lowest BCUT2D eigenvalue weighted by Crippen LogP contribution is -2.55. The fourth-order valence-electron chi connectivity index (χ4n) is 3.87. The Balaban J connectivity index is 1.54. The van der Waals surface area contributed by atoms with Crippen molar-refractivity contribution in [3.63, 3.8) is 0 Å². The molecule has 1 aliphatic carbocycles. The van der Waals surface area contributed by atoms with Gasteiger partial charge in [-0.3, -0.25) is 4.79 Å². The van der Waals surface area contributed by atoms with E-state index in [4.69, 9.17) is 4.74 Å². The van der Waals surface area contributed by atoms with Crippen LogP contribution in [-0.4, -0.2) is 60.4 Å². The normalized spacial score (nSPS) is 38.4. The maximum Gasteiger partial charge on any atom is 0.225 e. The number of carbonyl (C=O) groups excluding carboxylic acids is 1. The number of hydrogen-bond donors (Lipinski definition) is 2. The number of nitrogens with one attached hydrogen (secondary N) is 1. The van der Waals surface area contributed by atoms with Crippen molar-refractivity contribution in [3.05, 3.63) is 0 Å². The van der Waals surface area contributed by atoms with Crippen molar-refractivity contribution in [2.45, 2.75) is 50.2 Å². The van der Waals surface area contributed by atoms with Crippen molar-refractivity contribution in [1.29, 1.82) is 0 Å². The van der Waals surface area contributed by atoms with Gasteiger partial charge in [-0.15, -0.1) is 0 Å². The van der Waals surface area contributed by atoms with Crippen LogP contribution in [0, 0.1) is 5.92 Å². The molecule has 1 amide bonds. The number of rotatable bonds is 2. The highest BCUT2D eigenvalue weighted by atomic mass is 16.5. The van der Waals surface area contributed by atoms with E-state index in [1.807, 2.05) is 4.90 Å². The van der Waals surface area contributed by atoms with Gasteiger partial charge in [0.15, 0.2) is 0 Å². The highest BCUT2D eigenvalue weighted by Gasteiger charge is 2.43. The predicted molar refractivity (Wildman–Crippen MR) is 75.3 cm³/mol. The molecule has 114 valence electrons. The zero-order valence-corrected chi connectivity index (χ0v) is 12.1. The highest BCUT2D eigenvalue weighted by molar-refractivity contribution is 5.77. The van der Waals surface area contributed by atoms with Crippen molar-refractivity contribution in [1.82, 2.24) is 10.2 Å². The molecule has 2 aliphatic heterocycles. The van der Waals surface area contributed by atoms with Gasteiger partial charge in [-0.05, 0) is 19.3 Å². The molecular weight excluding hydrogens is 256 g/mol. The molecule has 0 radical (unpaired) electrons. The molecule has 20 heavy (non-hydrogen) atoms. The summed E-state index contributed by atoms with van der Waals surface area (Å²) in [5.41, 5.74) is -0.502. The van der Waals surface area contributed by atoms with Crippen molar-refractivity contribution < 1.29 is 14.6 Å². The van der Waals surface area contributed by atoms with Gasteiger partial charge in [0.05, 0.1) is 24.7 Å². The van der Waals surface area contributed by atoms with Gasteiger partial charge >= 0.3 is 0 Å². The third-order valence-electron chi connectivity index (χ3n) is 5.19. The Morgan fingerprint density at radius 2 is 2.30 bits per heavy atom. The molecule has 0 aromatic carbocycles. The van der Waals surface area contributed by atoms with Crippen LogP contribution in [0.5, 0.6) is 0 Å². The van der Waals surface area contributed by atoms with Crippen LogP contribution < -0.4 is 5.32 Å². The zero-order valence-electron chi connectivity index (χ0n) is 12.1. The van der Waals surface area contributed by atoms with Gasteiger partial charge in [-0.2, -0.15) is 0 Å². The molecule has 0 spiro atoms. The molecule has 3 aliphatic rings. The van der Waals surface area contributed by atoms with E-state index in [0.717, 1.165) is 45.3 Å². The van der Waals surface area contributed by atoms with E-state index in [2.05, 4.69) is 5.32 Å². The Labute approximate surface area is 120 Å². The van der Waals surface area contributed by atoms with Gasteiger partial charge in [-0.1, -0.05) is 12.8 Å². The quantitative estimate of drug-likeness (QED) is 0.775. The summed E-state index contributed by atoms with van der Waals surface area (Å²) >= 11 is 0. The molecule has 3 rings (SSSR count). The minimum atomic E-state index is -0.502. The second kappa shape index (κ2) is 6.00. The topological polar surface area (TPSA) is 61.8 Å². The van der Waals surface area contributed by atoms with Crippen LogP contribution in [-0.2, 0) is 9.53 Å². The molecule has 5 heteroatoms. The monoisotopic (exact) mass is 282 g/mol. The van der Waals surface area contributed by atoms with Crippen molar-refractivity contribution in [3.8, 4) is 0 Å². The first kappa shape index (κ1) is 14.3. The lowest BCUT2D eigenvalue weighted by atomic mass is 9.71. The summed E-state index contributed by atoms with van der Waals surface area (Å²) in [6.45, 7) is 3.78. The first-order chi connectivity index (χ1) is 9.67. The molecule has 1 saturated carbocycles. The molecule has 3 unspecified atom stereocenters. The van der Waals surface area contributed by atoms with Gasteiger partial charge in [0, 0.05) is 32.1 Å². The Hall–Kier alpha value is -0.650. The van der Waals surface area contributed by atoms with E-state index >= 15 is 0 Å². The van der Waals surface area contributed by atoms with Crippen LogP contribution in [0.2, 0.25) is 0 Å². The van der Waals surface area contributed by atoms with Gasteiger partial charge in [0.2, 0.25) is 5.91 Å². The molecule has 0 aromatic heterocycles. The number of piperidine rings is 1. The molecule has 2 saturated heterocycles. The van der Waals surface area contributed by atoms with Crippen LogP contribution >= 0.6 is 0 Å². The minimum Gasteiger partial charge on any atom is -0.389 e. The van der Waals surface area contributed by atoms with E-state index in [9.17, 15) is 9.90 Å². The van der Waals surface area contributed by atoms with E-state index in [-0.39, 0.29) is 17.9 Å². The highest BCUT2D eigenvalue weighted by Crippen LogP contribution is 2.39. The molecule has 5 nitrogen and oxygen atoms in total. The summed E-state index contributed by atoms with van der Waals surface area (Å²) in [6.07, 6.45) is 5.51. The van der Waals surface area contributed by atoms with Crippen molar-refractivity contribution >= 4 is 5.91 Å². The van der Waals surface area contributed by atoms with Crippen molar-refractivity contribution in [2.24, 2.45) is 5.92 Å². The number of carbonyl (C=O) groups is 1. The van der Waals surface area contributed by atoms with Crippen molar-refractivity contribution in [2.75, 3.05) is 32.8 Å². The first-order valence-corrected chi connectivity index (χ1v) is 8.00. The summed E-state index contributed by atoms with van der Waals surface area (Å²) in [4.78, 5) is 14.3.